The van der Waals surface area contributed by atoms with Gasteiger partial charge >= 0.3 is 0 Å². The molecule has 0 aromatic heterocycles. The topological polar surface area (TPSA) is 53.7 Å². The summed E-state index contributed by atoms with van der Waals surface area (Å²) >= 11 is 0. The van der Waals surface area contributed by atoms with Gasteiger partial charge in [-0.3, -0.25) is 0 Å². The number of ether oxygens (including phenoxy) is 3. The van der Waals surface area contributed by atoms with E-state index in [0.29, 0.717) is 23.8 Å². The molecule has 21 heavy (non-hydrogen) atoms. The van der Waals surface area contributed by atoms with Crippen LogP contribution in [0.4, 0.5) is 0 Å². The quantitative estimate of drug-likeness (QED) is 0.918. The molecule has 4 nitrogen and oxygen atoms in total. The molecule has 0 spiro atoms. The maximum Gasteiger partial charge on any atom is 0.203 e. The third-order valence-corrected chi connectivity index (χ3v) is 3.48. The van der Waals surface area contributed by atoms with Crippen molar-refractivity contribution in [1.82, 2.24) is 0 Å². The van der Waals surface area contributed by atoms with Crippen molar-refractivity contribution in [3.05, 3.63) is 41.5 Å². The van der Waals surface area contributed by atoms with E-state index in [2.05, 4.69) is 19.1 Å². The Morgan fingerprint density at radius 2 is 1.57 bits per heavy atom. The van der Waals surface area contributed by atoms with Gasteiger partial charge in [-0.1, -0.05) is 23.8 Å². The summed E-state index contributed by atoms with van der Waals surface area (Å²) in [5, 5.41) is 0. The monoisotopic (exact) mass is 287 g/mol. The average Bonchev–Trinajstić information content (AvgIpc) is 2.53. The summed E-state index contributed by atoms with van der Waals surface area (Å²) < 4.78 is 16.3. The van der Waals surface area contributed by atoms with E-state index in [9.17, 15) is 0 Å². The van der Waals surface area contributed by atoms with Gasteiger partial charge in [-0.15, -0.1) is 0 Å². The fourth-order valence-electron chi connectivity index (χ4n) is 2.43. The molecule has 0 amide bonds. The fraction of sp³-hybridized carbons (Fsp3) is 0.294. The lowest BCUT2D eigenvalue weighted by Gasteiger charge is -2.17. The highest BCUT2D eigenvalue weighted by Gasteiger charge is 2.18. The molecule has 0 heterocycles. The van der Waals surface area contributed by atoms with Crippen molar-refractivity contribution in [2.24, 2.45) is 5.73 Å². The number of nitrogens with two attached hydrogens (primary N) is 1. The normalized spacial score (nSPS) is 10.3. The minimum Gasteiger partial charge on any atom is -0.493 e. The lowest BCUT2D eigenvalue weighted by molar-refractivity contribution is 0.325. The first-order valence-electron chi connectivity index (χ1n) is 6.75. The zero-order valence-corrected chi connectivity index (χ0v) is 12.9. The number of rotatable bonds is 5. The van der Waals surface area contributed by atoms with Crippen molar-refractivity contribution >= 4 is 0 Å². The summed E-state index contributed by atoms with van der Waals surface area (Å²) in [5.74, 6) is 1.87. The van der Waals surface area contributed by atoms with Gasteiger partial charge in [0.2, 0.25) is 5.75 Å². The van der Waals surface area contributed by atoms with Gasteiger partial charge in [0, 0.05) is 12.1 Å². The van der Waals surface area contributed by atoms with E-state index in [1.165, 1.54) is 5.56 Å². The number of aryl methyl sites for hydroxylation is 1. The molecule has 0 saturated carbocycles. The van der Waals surface area contributed by atoms with Crippen LogP contribution in [0.3, 0.4) is 0 Å². The summed E-state index contributed by atoms with van der Waals surface area (Å²) in [6.45, 7) is 2.52. The maximum atomic E-state index is 5.86. The second-order valence-corrected chi connectivity index (χ2v) is 4.75. The van der Waals surface area contributed by atoms with Crippen LogP contribution < -0.4 is 19.9 Å². The highest BCUT2D eigenvalue weighted by Crippen LogP contribution is 2.45. The molecule has 2 aromatic rings. The van der Waals surface area contributed by atoms with Crippen LogP contribution in [-0.2, 0) is 6.54 Å². The molecule has 0 unspecified atom stereocenters. The second-order valence-electron chi connectivity index (χ2n) is 4.75. The molecule has 0 aliphatic carbocycles. The standard InChI is InChI=1S/C17H21NO3/c1-11-5-6-12(10-18)14(9-11)13-7-8-15(19-2)17(21-4)16(13)20-3/h5-9H,10,18H2,1-4H3. The molecule has 112 valence electrons. The van der Waals surface area contributed by atoms with E-state index in [1.807, 2.05) is 18.2 Å². The number of hydrogen-bond donors (Lipinski definition) is 1. The predicted molar refractivity (Wildman–Crippen MR) is 84.2 cm³/mol. The van der Waals surface area contributed by atoms with E-state index in [4.69, 9.17) is 19.9 Å². The molecule has 0 bridgehead atoms. The van der Waals surface area contributed by atoms with Crippen LogP contribution in [0.25, 0.3) is 11.1 Å². The van der Waals surface area contributed by atoms with E-state index >= 15 is 0 Å². The van der Waals surface area contributed by atoms with Gasteiger partial charge in [-0.25, -0.2) is 0 Å². The number of methoxy groups -OCH3 is 3. The van der Waals surface area contributed by atoms with Crippen molar-refractivity contribution in [2.75, 3.05) is 21.3 Å². The van der Waals surface area contributed by atoms with E-state index in [-0.39, 0.29) is 0 Å². The fourth-order valence-corrected chi connectivity index (χ4v) is 2.43. The summed E-state index contributed by atoms with van der Waals surface area (Å²) in [4.78, 5) is 0. The van der Waals surface area contributed by atoms with Crippen molar-refractivity contribution < 1.29 is 14.2 Å². The average molecular weight is 287 g/mol. The maximum absolute atomic E-state index is 5.86. The molecule has 0 radical (unpaired) electrons. The van der Waals surface area contributed by atoms with Crippen LogP contribution in [0, 0.1) is 6.92 Å². The van der Waals surface area contributed by atoms with Gasteiger partial charge in [0.25, 0.3) is 0 Å². The van der Waals surface area contributed by atoms with Crippen LogP contribution in [0.1, 0.15) is 11.1 Å². The lowest BCUT2D eigenvalue weighted by atomic mass is 9.96. The predicted octanol–water partition coefficient (Wildman–Crippen LogP) is 3.15. The van der Waals surface area contributed by atoms with Crippen LogP contribution in [0.15, 0.2) is 30.3 Å². The second kappa shape index (κ2) is 6.50. The number of benzene rings is 2. The largest absolute Gasteiger partial charge is 0.493 e. The summed E-state index contributed by atoms with van der Waals surface area (Å²) in [5.41, 5.74) is 10.1. The van der Waals surface area contributed by atoms with E-state index in [0.717, 1.165) is 16.7 Å². The third-order valence-electron chi connectivity index (χ3n) is 3.48. The molecule has 2 rings (SSSR count). The van der Waals surface area contributed by atoms with Gasteiger partial charge in [-0.2, -0.15) is 0 Å². The van der Waals surface area contributed by atoms with Crippen LogP contribution in [0.5, 0.6) is 17.2 Å². The molecule has 0 aliphatic rings. The molecule has 2 N–H and O–H groups in total. The van der Waals surface area contributed by atoms with Gasteiger partial charge in [0.1, 0.15) is 0 Å². The van der Waals surface area contributed by atoms with Gasteiger partial charge < -0.3 is 19.9 Å². The van der Waals surface area contributed by atoms with Crippen molar-refractivity contribution in [2.45, 2.75) is 13.5 Å². The Bertz CT molecular complexity index is 638. The van der Waals surface area contributed by atoms with Crippen LogP contribution in [-0.4, -0.2) is 21.3 Å². The van der Waals surface area contributed by atoms with Gasteiger partial charge in [0.05, 0.1) is 21.3 Å². The Hall–Kier alpha value is -2.20. The highest BCUT2D eigenvalue weighted by molar-refractivity contribution is 5.78. The molecule has 0 atom stereocenters. The SMILES string of the molecule is COc1ccc(-c2cc(C)ccc2CN)c(OC)c1OC. The van der Waals surface area contributed by atoms with Crippen molar-refractivity contribution in [3.8, 4) is 28.4 Å². The van der Waals surface area contributed by atoms with Crippen LogP contribution in [0.2, 0.25) is 0 Å². The van der Waals surface area contributed by atoms with E-state index in [1.54, 1.807) is 21.3 Å². The zero-order valence-electron chi connectivity index (χ0n) is 12.9. The smallest absolute Gasteiger partial charge is 0.203 e. The first-order chi connectivity index (χ1) is 10.2. The Morgan fingerprint density at radius 3 is 2.14 bits per heavy atom. The molecule has 4 heteroatoms. The minimum atomic E-state index is 0.465. The van der Waals surface area contributed by atoms with E-state index < -0.39 is 0 Å². The molecule has 0 aliphatic heterocycles. The minimum absolute atomic E-state index is 0.465. The number of hydrogen-bond acceptors (Lipinski definition) is 4. The lowest BCUT2D eigenvalue weighted by Crippen LogP contribution is -2.02. The first kappa shape index (κ1) is 15.2. The van der Waals surface area contributed by atoms with Crippen molar-refractivity contribution in [3.63, 3.8) is 0 Å². The van der Waals surface area contributed by atoms with Crippen molar-refractivity contribution in [1.29, 1.82) is 0 Å². The molecule has 0 fully saturated rings. The summed E-state index contributed by atoms with van der Waals surface area (Å²) in [6.07, 6.45) is 0. The third kappa shape index (κ3) is 2.81. The molecular formula is C17H21NO3. The van der Waals surface area contributed by atoms with Gasteiger partial charge in [-0.05, 0) is 30.2 Å². The summed E-state index contributed by atoms with van der Waals surface area (Å²) in [6, 6.07) is 10.0. The van der Waals surface area contributed by atoms with Gasteiger partial charge in [0.15, 0.2) is 11.5 Å². The molecule has 2 aromatic carbocycles. The Kier molecular flexibility index (Phi) is 4.70. The Balaban J connectivity index is 2.72. The Labute approximate surface area is 125 Å². The Morgan fingerprint density at radius 1 is 0.857 bits per heavy atom. The summed E-state index contributed by atoms with van der Waals surface area (Å²) in [7, 11) is 4.83. The highest BCUT2D eigenvalue weighted by atomic mass is 16.5. The first-order valence-corrected chi connectivity index (χ1v) is 6.75. The molecular weight excluding hydrogens is 266 g/mol. The van der Waals surface area contributed by atoms with Crippen LogP contribution >= 0.6 is 0 Å². The zero-order chi connectivity index (χ0) is 15.4. The molecule has 0 saturated heterocycles.